The first-order valence-electron chi connectivity index (χ1n) is 6.32. The summed E-state index contributed by atoms with van der Waals surface area (Å²) in [5, 5.41) is 9.78. The lowest BCUT2D eigenvalue weighted by Gasteiger charge is -2.30. The zero-order valence-electron chi connectivity index (χ0n) is 10.9. The lowest BCUT2D eigenvalue weighted by molar-refractivity contribution is -0.0646. The van der Waals surface area contributed by atoms with Crippen LogP contribution in [0.1, 0.15) is 25.8 Å². The fraction of sp³-hybridized carbons (Fsp3) is 0.467. The van der Waals surface area contributed by atoms with E-state index in [1.807, 2.05) is 44.2 Å². The van der Waals surface area contributed by atoms with Crippen LogP contribution in [0.3, 0.4) is 0 Å². The van der Waals surface area contributed by atoms with Gasteiger partial charge in [-0.15, -0.1) is 0 Å². The molecule has 0 aliphatic carbocycles. The van der Waals surface area contributed by atoms with Gasteiger partial charge in [-0.3, -0.25) is 0 Å². The van der Waals surface area contributed by atoms with Gasteiger partial charge in [-0.1, -0.05) is 30.3 Å². The first-order valence-corrected chi connectivity index (χ1v) is 6.32. The van der Waals surface area contributed by atoms with Crippen LogP contribution in [-0.4, -0.2) is 23.4 Å². The summed E-state index contributed by atoms with van der Waals surface area (Å²) in [6.07, 6.45) is 1.71. The molecule has 0 aromatic heterocycles. The average Bonchev–Trinajstić information content (AvgIpc) is 2.40. The molecular formula is C15H20O3. The molecule has 0 amide bonds. The number of benzene rings is 1. The number of hydrogen-bond acceptors (Lipinski definition) is 3. The third-order valence-electron chi connectivity index (χ3n) is 3.29. The van der Waals surface area contributed by atoms with Gasteiger partial charge < -0.3 is 14.6 Å². The molecule has 0 radical (unpaired) electrons. The maximum Gasteiger partial charge on any atom is 0.126 e. The van der Waals surface area contributed by atoms with E-state index in [-0.39, 0.29) is 12.2 Å². The Labute approximate surface area is 108 Å². The van der Waals surface area contributed by atoms with Gasteiger partial charge in [0.1, 0.15) is 6.10 Å². The van der Waals surface area contributed by atoms with Crippen LogP contribution >= 0.6 is 0 Å². The van der Waals surface area contributed by atoms with Crippen LogP contribution in [0.4, 0.5) is 0 Å². The van der Waals surface area contributed by atoms with E-state index in [4.69, 9.17) is 9.47 Å². The van der Waals surface area contributed by atoms with E-state index in [1.54, 1.807) is 6.26 Å². The normalized spacial score (nSPS) is 25.2. The number of ether oxygens (including phenoxy) is 2. The van der Waals surface area contributed by atoms with Crippen molar-refractivity contribution < 1.29 is 14.6 Å². The fourth-order valence-electron chi connectivity index (χ4n) is 1.95. The van der Waals surface area contributed by atoms with Gasteiger partial charge in [0, 0.05) is 6.42 Å². The van der Waals surface area contributed by atoms with Crippen LogP contribution in [0.25, 0.3) is 0 Å². The van der Waals surface area contributed by atoms with E-state index >= 15 is 0 Å². The number of aliphatic hydroxyl groups excluding tert-OH is 1. The molecule has 18 heavy (non-hydrogen) atoms. The Morgan fingerprint density at radius 1 is 1.39 bits per heavy atom. The average molecular weight is 248 g/mol. The second kappa shape index (κ2) is 6.03. The van der Waals surface area contributed by atoms with Gasteiger partial charge in [-0.2, -0.15) is 0 Å². The third kappa shape index (κ3) is 3.34. The molecule has 1 aliphatic heterocycles. The molecule has 0 bridgehead atoms. The van der Waals surface area contributed by atoms with E-state index < -0.39 is 6.10 Å². The Morgan fingerprint density at radius 2 is 2.11 bits per heavy atom. The molecule has 0 unspecified atom stereocenters. The molecule has 1 N–H and O–H groups in total. The summed E-state index contributed by atoms with van der Waals surface area (Å²) < 4.78 is 11.3. The van der Waals surface area contributed by atoms with Crippen LogP contribution in [0.15, 0.2) is 42.2 Å². The van der Waals surface area contributed by atoms with Crippen molar-refractivity contribution >= 4 is 0 Å². The van der Waals surface area contributed by atoms with Crippen molar-refractivity contribution in [2.45, 2.75) is 45.2 Å². The van der Waals surface area contributed by atoms with Crippen LogP contribution in [0.2, 0.25) is 0 Å². The van der Waals surface area contributed by atoms with Crippen molar-refractivity contribution in [3.8, 4) is 0 Å². The molecule has 98 valence electrons. The van der Waals surface area contributed by atoms with Crippen LogP contribution in [0.5, 0.6) is 0 Å². The zero-order chi connectivity index (χ0) is 13.0. The van der Waals surface area contributed by atoms with Gasteiger partial charge in [0.15, 0.2) is 0 Å². The Balaban J connectivity index is 1.84. The molecule has 0 saturated heterocycles. The van der Waals surface area contributed by atoms with Gasteiger partial charge in [0.05, 0.1) is 25.1 Å². The van der Waals surface area contributed by atoms with Crippen LogP contribution < -0.4 is 0 Å². The topological polar surface area (TPSA) is 38.7 Å². The molecule has 1 aliphatic rings. The summed E-state index contributed by atoms with van der Waals surface area (Å²) in [7, 11) is 0. The second-order valence-corrected chi connectivity index (χ2v) is 4.79. The summed E-state index contributed by atoms with van der Waals surface area (Å²) in [4.78, 5) is 0. The fourth-order valence-corrected chi connectivity index (χ4v) is 1.95. The molecule has 2 rings (SSSR count). The van der Waals surface area contributed by atoms with Crippen molar-refractivity contribution in [3.63, 3.8) is 0 Å². The minimum absolute atomic E-state index is 0.0378. The second-order valence-electron chi connectivity index (χ2n) is 4.79. The lowest BCUT2D eigenvalue weighted by atomic mass is 10.0. The van der Waals surface area contributed by atoms with E-state index in [9.17, 15) is 5.11 Å². The summed E-state index contributed by atoms with van der Waals surface area (Å²) >= 11 is 0. The highest BCUT2D eigenvalue weighted by Crippen LogP contribution is 2.21. The third-order valence-corrected chi connectivity index (χ3v) is 3.29. The van der Waals surface area contributed by atoms with E-state index in [1.165, 1.54) is 0 Å². The summed E-state index contributed by atoms with van der Waals surface area (Å²) in [5.41, 5.74) is 2.02. The Hall–Kier alpha value is -1.32. The Bertz CT molecular complexity index is 399. The van der Waals surface area contributed by atoms with E-state index in [2.05, 4.69) is 0 Å². The molecule has 3 nitrogen and oxygen atoms in total. The number of rotatable bonds is 4. The molecule has 3 heteroatoms. The number of hydrogen-bond donors (Lipinski definition) is 1. The quantitative estimate of drug-likeness (QED) is 0.890. The zero-order valence-corrected chi connectivity index (χ0v) is 10.9. The van der Waals surface area contributed by atoms with Crippen molar-refractivity contribution in [3.05, 3.63) is 47.7 Å². The molecule has 0 spiro atoms. The summed E-state index contributed by atoms with van der Waals surface area (Å²) in [6.45, 7) is 4.42. The van der Waals surface area contributed by atoms with Crippen LogP contribution in [-0.2, 0) is 16.1 Å². The summed E-state index contributed by atoms with van der Waals surface area (Å²) in [6, 6.07) is 10.1. The SMILES string of the molecule is CC1=CO[C@H]([C@H](C)OCc2ccccc2)C[C@@H]1O. The highest BCUT2D eigenvalue weighted by Gasteiger charge is 2.26. The molecular weight excluding hydrogens is 228 g/mol. The van der Waals surface area contributed by atoms with Crippen LogP contribution in [0, 0.1) is 0 Å². The first-order chi connectivity index (χ1) is 8.66. The minimum Gasteiger partial charge on any atom is -0.495 e. The van der Waals surface area contributed by atoms with Crippen molar-refractivity contribution in [1.29, 1.82) is 0 Å². The number of aliphatic hydroxyl groups is 1. The predicted molar refractivity (Wildman–Crippen MR) is 69.9 cm³/mol. The molecule has 0 saturated carbocycles. The van der Waals surface area contributed by atoms with Gasteiger partial charge in [-0.05, 0) is 25.0 Å². The first kappa shape index (κ1) is 13.1. The summed E-state index contributed by atoms with van der Waals surface area (Å²) in [5.74, 6) is 0. The Morgan fingerprint density at radius 3 is 2.78 bits per heavy atom. The van der Waals surface area contributed by atoms with Gasteiger partial charge in [0.25, 0.3) is 0 Å². The maximum absolute atomic E-state index is 9.78. The monoisotopic (exact) mass is 248 g/mol. The molecule has 1 heterocycles. The Kier molecular flexibility index (Phi) is 4.39. The minimum atomic E-state index is -0.411. The lowest BCUT2D eigenvalue weighted by Crippen LogP contribution is -2.34. The molecule has 3 atom stereocenters. The van der Waals surface area contributed by atoms with E-state index in [0.29, 0.717) is 13.0 Å². The van der Waals surface area contributed by atoms with Gasteiger partial charge in [0.2, 0.25) is 0 Å². The molecule has 1 aromatic rings. The standard InChI is InChI=1S/C15H20O3/c1-11-9-18-15(8-14(11)16)12(2)17-10-13-6-4-3-5-7-13/h3-7,9,12,14-16H,8,10H2,1-2H3/t12-,14-,15-/m0/s1. The van der Waals surface area contributed by atoms with Crippen molar-refractivity contribution in [2.75, 3.05) is 0 Å². The molecule has 0 fully saturated rings. The van der Waals surface area contributed by atoms with Crippen molar-refractivity contribution in [1.82, 2.24) is 0 Å². The highest BCUT2D eigenvalue weighted by atomic mass is 16.5. The smallest absolute Gasteiger partial charge is 0.126 e. The van der Waals surface area contributed by atoms with Gasteiger partial charge >= 0.3 is 0 Å². The predicted octanol–water partition coefficient (Wildman–Crippen LogP) is 2.65. The molecule has 1 aromatic carbocycles. The maximum atomic E-state index is 9.78. The largest absolute Gasteiger partial charge is 0.495 e. The van der Waals surface area contributed by atoms with Crippen molar-refractivity contribution in [2.24, 2.45) is 0 Å². The van der Waals surface area contributed by atoms with E-state index in [0.717, 1.165) is 11.1 Å². The van der Waals surface area contributed by atoms with Gasteiger partial charge in [-0.25, -0.2) is 0 Å². The highest BCUT2D eigenvalue weighted by molar-refractivity contribution is 5.13.